The van der Waals surface area contributed by atoms with Crippen molar-refractivity contribution in [3.63, 3.8) is 0 Å². The maximum absolute atomic E-state index is 13.7. The quantitative estimate of drug-likeness (QED) is 0.626. The van der Waals surface area contributed by atoms with Crippen LogP contribution in [0.15, 0.2) is 16.6 Å². The number of benzene rings is 1. The lowest BCUT2D eigenvalue weighted by Crippen LogP contribution is -2.36. The van der Waals surface area contributed by atoms with Crippen LogP contribution in [0.3, 0.4) is 0 Å². The Labute approximate surface area is 107 Å². The molecule has 0 aliphatic carbocycles. The van der Waals surface area contributed by atoms with Crippen molar-refractivity contribution in [1.29, 1.82) is 0 Å². The minimum absolute atomic E-state index is 0.0505. The van der Waals surface area contributed by atoms with Gasteiger partial charge >= 0.3 is 0 Å². The van der Waals surface area contributed by atoms with E-state index in [1.54, 1.807) is 6.92 Å². The number of ether oxygens (including phenoxy) is 1. The summed E-state index contributed by atoms with van der Waals surface area (Å²) < 4.78 is 32.5. The molecular formula is C12H13BrF2O2. The average molecular weight is 307 g/mol. The summed E-state index contributed by atoms with van der Waals surface area (Å²) in [4.78, 5) is 12.0. The third-order valence-electron chi connectivity index (χ3n) is 2.32. The Balaban J connectivity index is 3.26. The normalized spacial score (nSPS) is 11.6. The average Bonchev–Trinajstić information content (AvgIpc) is 2.24. The fourth-order valence-electron chi connectivity index (χ4n) is 1.46. The van der Waals surface area contributed by atoms with Crippen LogP contribution in [0, 0.1) is 11.6 Å². The van der Waals surface area contributed by atoms with Crippen LogP contribution >= 0.6 is 15.9 Å². The third kappa shape index (κ3) is 2.90. The Bertz CT molecular complexity index is 444. The van der Waals surface area contributed by atoms with E-state index in [-0.39, 0.29) is 11.1 Å². The molecule has 0 radical (unpaired) electrons. The molecule has 1 aromatic carbocycles. The molecule has 0 aromatic heterocycles. The van der Waals surface area contributed by atoms with Crippen molar-refractivity contribution in [2.24, 2.45) is 0 Å². The molecule has 5 heteroatoms. The van der Waals surface area contributed by atoms with Gasteiger partial charge in [0.1, 0.15) is 11.4 Å². The van der Waals surface area contributed by atoms with Crippen molar-refractivity contribution >= 4 is 21.7 Å². The molecule has 0 unspecified atom stereocenters. The Hall–Kier alpha value is -0.810. The van der Waals surface area contributed by atoms with Gasteiger partial charge in [-0.2, -0.15) is 0 Å². The van der Waals surface area contributed by atoms with E-state index in [1.165, 1.54) is 19.9 Å². The number of hydrogen-bond acceptors (Lipinski definition) is 2. The summed E-state index contributed by atoms with van der Waals surface area (Å²) in [6, 6.07) is 2.26. The van der Waals surface area contributed by atoms with Crippen LogP contribution in [-0.4, -0.2) is 18.0 Å². The highest BCUT2D eigenvalue weighted by molar-refractivity contribution is 9.10. The smallest absolute Gasteiger partial charge is 0.199 e. The van der Waals surface area contributed by atoms with Crippen LogP contribution in [0.1, 0.15) is 31.1 Å². The lowest BCUT2D eigenvalue weighted by Gasteiger charge is -2.23. The second-order valence-electron chi connectivity index (χ2n) is 3.99. The van der Waals surface area contributed by atoms with Crippen molar-refractivity contribution < 1.29 is 18.3 Å². The molecule has 1 aromatic rings. The molecule has 0 fully saturated rings. The molecule has 1 rings (SSSR count). The van der Waals surface area contributed by atoms with Crippen molar-refractivity contribution in [1.82, 2.24) is 0 Å². The van der Waals surface area contributed by atoms with E-state index in [1.807, 2.05) is 0 Å². The van der Waals surface area contributed by atoms with E-state index in [4.69, 9.17) is 4.74 Å². The maximum atomic E-state index is 13.7. The molecule has 0 heterocycles. The van der Waals surface area contributed by atoms with Gasteiger partial charge in [0.15, 0.2) is 11.6 Å². The zero-order valence-corrected chi connectivity index (χ0v) is 11.4. The molecule has 0 saturated heterocycles. The highest BCUT2D eigenvalue weighted by Gasteiger charge is 2.33. The number of halogens is 3. The van der Waals surface area contributed by atoms with Crippen molar-refractivity contribution in [2.75, 3.05) is 6.61 Å². The molecule has 0 spiro atoms. The van der Waals surface area contributed by atoms with Gasteiger partial charge in [-0.15, -0.1) is 0 Å². The van der Waals surface area contributed by atoms with Crippen LogP contribution < -0.4 is 0 Å². The largest absolute Gasteiger partial charge is 0.368 e. The van der Waals surface area contributed by atoms with Crippen LogP contribution in [0.4, 0.5) is 8.78 Å². The van der Waals surface area contributed by atoms with Gasteiger partial charge in [-0.3, -0.25) is 4.79 Å². The minimum Gasteiger partial charge on any atom is -0.368 e. The Morgan fingerprint density at radius 3 is 2.53 bits per heavy atom. The highest BCUT2D eigenvalue weighted by atomic mass is 79.9. The first kappa shape index (κ1) is 14.3. The second-order valence-corrected chi connectivity index (χ2v) is 4.84. The summed E-state index contributed by atoms with van der Waals surface area (Å²) in [6.07, 6.45) is 0. The van der Waals surface area contributed by atoms with Gasteiger partial charge in [-0.05, 0) is 48.8 Å². The predicted octanol–water partition coefficient (Wildman–Crippen LogP) is 3.73. The van der Waals surface area contributed by atoms with E-state index < -0.39 is 28.6 Å². The van der Waals surface area contributed by atoms with E-state index in [2.05, 4.69) is 15.9 Å². The zero-order valence-electron chi connectivity index (χ0n) is 9.81. The number of carbonyl (C=O) groups is 1. The van der Waals surface area contributed by atoms with E-state index in [0.29, 0.717) is 0 Å². The van der Waals surface area contributed by atoms with Gasteiger partial charge in [-0.25, -0.2) is 8.78 Å². The summed E-state index contributed by atoms with van der Waals surface area (Å²) in [7, 11) is 0. The molecule has 94 valence electrons. The van der Waals surface area contributed by atoms with Gasteiger partial charge in [0.25, 0.3) is 0 Å². The summed E-state index contributed by atoms with van der Waals surface area (Å²) in [5.74, 6) is -2.50. The van der Waals surface area contributed by atoms with Crippen LogP contribution in [-0.2, 0) is 4.74 Å². The summed E-state index contributed by atoms with van der Waals surface area (Å²) in [5, 5.41) is 0. The van der Waals surface area contributed by atoms with Crippen LogP contribution in [0.5, 0.6) is 0 Å². The van der Waals surface area contributed by atoms with Crippen molar-refractivity contribution in [3.8, 4) is 0 Å². The van der Waals surface area contributed by atoms with E-state index in [9.17, 15) is 13.6 Å². The zero-order chi connectivity index (χ0) is 13.2. The number of Topliss-reactive ketones (excluding diaryl/α,β-unsaturated/α-hetero) is 1. The molecule has 0 saturated carbocycles. The topological polar surface area (TPSA) is 26.3 Å². The minimum atomic E-state index is -1.25. The van der Waals surface area contributed by atoms with Crippen LogP contribution in [0.25, 0.3) is 0 Å². The predicted molar refractivity (Wildman–Crippen MR) is 64.1 cm³/mol. The maximum Gasteiger partial charge on any atom is 0.199 e. The summed E-state index contributed by atoms with van der Waals surface area (Å²) in [6.45, 7) is 4.97. The number of rotatable bonds is 4. The molecule has 0 aliphatic heterocycles. The SMILES string of the molecule is CCOC(C)(C)C(=O)c1c(F)ccc(Br)c1F. The fraction of sp³-hybridized carbons (Fsp3) is 0.417. The lowest BCUT2D eigenvalue weighted by molar-refractivity contribution is 0.000613. The van der Waals surface area contributed by atoms with E-state index in [0.717, 1.165) is 6.07 Å². The molecule has 0 aliphatic rings. The van der Waals surface area contributed by atoms with Gasteiger partial charge in [-0.1, -0.05) is 0 Å². The molecule has 2 nitrogen and oxygen atoms in total. The Morgan fingerprint density at radius 1 is 1.41 bits per heavy atom. The molecule has 0 amide bonds. The number of ketones is 1. The summed E-state index contributed by atoms with van der Waals surface area (Å²) in [5.41, 5.74) is -1.82. The van der Waals surface area contributed by atoms with Crippen LogP contribution in [0.2, 0.25) is 0 Å². The first-order valence-electron chi connectivity index (χ1n) is 5.13. The van der Waals surface area contributed by atoms with Crippen molar-refractivity contribution in [3.05, 3.63) is 33.8 Å². The molecule has 17 heavy (non-hydrogen) atoms. The van der Waals surface area contributed by atoms with Gasteiger partial charge in [0.2, 0.25) is 0 Å². The monoisotopic (exact) mass is 306 g/mol. The first-order valence-corrected chi connectivity index (χ1v) is 5.92. The Morgan fingerprint density at radius 2 is 2.00 bits per heavy atom. The summed E-state index contributed by atoms with van der Waals surface area (Å²) >= 11 is 2.92. The molecule has 0 N–H and O–H groups in total. The standard InChI is InChI=1S/C12H13BrF2O2/c1-4-17-12(2,3)11(16)9-8(14)6-5-7(13)10(9)15/h5-6H,4H2,1-3H3. The molecule has 0 bridgehead atoms. The third-order valence-corrected chi connectivity index (χ3v) is 2.94. The fourth-order valence-corrected chi connectivity index (χ4v) is 1.79. The number of carbonyl (C=O) groups excluding carboxylic acids is 1. The molecule has 0 atom stereocenters. The van der Waals surface area contributed by atoms with Gasteiger partial charge in [0.05, 0.1) is 10.0 Å². The second kappa shape index (κ2) is 5.23. The molecular weight excluding hydrogens is 294 g/mol. The highest BCUT2D eigenvalue weighted by Crippen LogP contribution is 2.26. The van der Waals surface area contributed by atoms with Gasteiger partial charge < -0.3 is 4.74 Å². The van der Waals surface area contributed by atoms with E-state index >= 15 is 0 Å². The van der Waals surface area contributed by atoms with Crippen molar-refractivity contribution in [2.45, 2.75) is 26.4 Å². The lowest BCUT2D eigenvalue weighted by atomic mass is 9.95. The Kier molecular flexibility index (Phi) is 4.38. The first-order chi connectivity index (χ1) is 7.81. The van der Waals surface area contributed by atoms with Gasteiger partial charge in [0, 0.05) is 6.61 Å². The number of hydrogen-bond donors (Lipinski definition) is 0.